The van der Waals surface area contributed by atoms with E-state index in [2.05, 4.69) is 16.9 Å². The maximum atomic E-state index is 12.3. The molecule has 1 saturated carbocycles. The van der Waals surface area contributed by atoms with E-state index in [1.165, 1.54) is 19.3 Å². The topological polar surface area (TPSA) is 41.1 Å². The SMILES string of the molecule is CNc1ccc(Cl)cc1C(=O)NCC1(SC)CCC1. The molecule has 2 N–H and O–H groups in total. The molecule has 0 radical (unpaired) electrons. The zero-order valence-electron chi connectivity index (χ0n) is 11.3. The van der Waals surface area contributed by atoms with Gasteiger partial charge in [0.05, 0.1) is 5.56 Å². The number of hydrogen-bond acceptors (Lipinski definition) is 3. The van der Waals surface area contributed by atoms with E-state index in [1.807, 2.05) is 17.8 Å². The molecule has 3 nitrogen and oxygen atoms in total. The second kappa shape index (κ2) is 6.06. The van der Waals surface area contributed by atoms with Crippen LogP contribution >= 0.6 is 23.4 Å². The molecule has 1 aromatic carbocycles. The molecular weight excluding hydrogens is 280 g/mol. The standard InChI is InChI=1S/C14H19ClN2OS/c1-16-12-5-4-10(15)8-11(12)13(18)17-9-14(19-2)6-3-7-14/h4-5,8,16H,3,6-7,9H2,1-2H3,(H,17,18). The number of nitrogens with one attached hydrogen (secondary N) is 2. The van der Waals surface area contributed by atoms with Crippen molar-refractivity contribution < 1.29 is 4.79 Å². The highest BCUT2D eigenvalue weighted by Crippen LogP contribution is 2.42. The third-order valence-electron chi connectivity index (χ3n) is 3.76. The average molecular weight is 299 g/mol. The van der Waals surface area contributed by atoms with Crippen molar-refractivity contribution in [3.63, 3.8) is 0 Å². The van der Waals surface area contributed by atoms with Gasteiger partial charge in [0, 0.05) is 29.0 Å². The number of thioether (sulfide) groups is 1. The molecule has 0 unspecified atom stereocenters. The summed E-state index contributed by atoms with van der Waals surface area (Å²) in [5.41, 5.74) is 1.40. The number of halogens is 1. The molecule has 1 aliphatic carbocycles. The number of hydrogen-bond donors (Lipinski definition) is 2. The van der Waals surface area contributed by atoms with Gasteiger partial charge in [-0.15, -0.1) is 0 Å². The lowest BCUT2D eigenvalue weighted by molar-refractivity contribution is 0.0944. The monoisotopic (exact) mass is 298 g/mol. The van der Waals surface area contributed by atoms with Gasteiger partial charge in [-0.2, -0.15) is 11.8 Å². The summed E-state index contributed by atoms with van der Waals surface area (Å²) in [5.74, 6) is -0.0628. The van der Waals surface area contributed by atoms with Crippen molar-refractivity contribution in [2.45, 2.75) is 24.0 Å². The molecule has 1 aromatic rings. The summed E-state index contributed by atoms with van der Waals surface area (Å²) in [7, 11) is 1.80. The van der Waals surface area contributed by atoms with E-state index < -0.39 is 0 Å². The van der Waals surface area contributed by atoms with E-state index in [0.717, 1.165) is 12.2 Å². The van der Waals surface area contributed by atoms with Crippen LogP contribution in [0.2, 0.25) is 5.02 Å². The zero-order chi connectivity index (χ0) is 13.9. The minimum atomic E-state index is -0.0628. The molecule has 0 heterocycles. The first-order chi connectivity index (χ1) is 9.10. The van der Waals surface area contributed by atoms with E-state index in [1.54, 1.807) is 19.2 Å². The van der Waals surface area contributed by atoms with Crippen LogP contribution < -0.4 is 10.6 Å². The van der Waals surface area contributed by atoms with Gasteiger partial charge in [0.25, 0.3) is 5.91 Å². The molecule has 104 valence electrons. The highest BCUT2D eigenvalue weighted by molar-refractivity contribution is 8.00. The lowest BCUT2D eigenvalue weighted by atomic mass is 9.84. The van der Waals surface area contributed by atoms with Crippen molar-refractivity contribution in [2.75, 3.05) is 25.2 Å². The Morgan fingerprint density at radius 1 is 1.47 bits per heavy atom. The van der Waals surface area contributed by atoms with Crippen LogP contribution in [0.3, 0.4) is 0 Å². The highest BCUT2D eigenvalue weighted by Gasteiger charge is 2.36. The number of benzene rings is 1. The van der Waals surface area contributed by atoms with E-state index in [-0.39, 0.29) is 10.7 Å². The van der Waals surface area contributed by atoms with E-state index >= 15 is 0 Å². The lowest BCUT2D eigenvalue weighted by Crippen LogP contribution is -2.45. The van der Waals surface area contributed by atoms with Gasteiger partial charge in [0.15, 0.2) is 0 Å². The summed E-state index contributed by atoms with van der Waals surface area (Å²) in [6.45, 7) is 0.725. The van der Waals surface area contributed by atoms with Crippen molar-refractivity contribution in [2.24, 2.45) is 0 Å². The van der Waals surface area contributed by atoms with Gasteiger partial charge in [-0.05, 0) is 37.3 Å². The van der Waals surface area contributed by atoms with E-state index in [9.17, 15) is 4.79 Å². The van der Waals surface area contributed by atoms with Gasteiger partial charge in [-0.25, -0.2) is 0 Å². The molecule has 0 atom stereocenters. The molecule has 5 heteroatoms. The van der Waals surface area contributed by atoms with Gasteiger partial charge in [-0.1, -0.05) is 18.0 Å². The molecule has 0 bridgehead atoms. The van der Waals surface area contributed by atoms with Crippen molar-refractivity contribution in [1.82, 2.24) is 5.32 Å². The quantitative estimate of drug-likeness (QED) is 0.875. The van der Waals surface area contributed by atoms with E-state index in [4.69, 9.17) is 11.6 Å². The summed E-state index contributed by atoms with van der Waals surface area (Å²) in [6.07, 6.45) is 5.74. The summed E-state index contributed by atoms with van der Waals surface area (Å²) in [6, 6.07) is 5.31. The van der Waals surface area contributed by atoms with Gasteiger partial charge < -0.3 is 10.6 Å². The number of carbonyl (C=O) groups excluding carboxylic acids is 1. The lowest BCUT2D eigenvalue weighted by Gasteiger charge is -2.40. The first kappa shape index (κ1) is 14.5. The predicted octanol–water partition coefficient (Wildman–Crippen LogP) is 3.40. The van der Waals surface area contributed by atoms with Crippen molar-refractivity contribution >= 4 is 35.0 Å². The summed E-state index contributed by atoms with van der Waals surface area (Å²) in [4.78, 5) is 12.3. The fraction of sp³-hybridized carbons (Fsp3) is 0.500. The zero-order valence-corrected chi connectivity index (χ0v) is 12.8. The van der Waals surface area contributed by atoms with Crippen LogP contribution in [0.15, 0.2) is 18.2 Å². The van der Waals surface area contributed by atoms with Gasteiger partial charge in [-0.3, -0.25) is 4.79 Å². The Bertz CT molecular complexity index is 469. The van der Waals surface area contributed by atoms with Crippen molar-refractivity contribution in [3.05, 3.63) is 28.8 Å². The average Bonchev–Trinajstić information content (AvgIpc) is 2.37. The van der Waals surface area contributed by atoms with E-state index in [0.29, 0.717) is 10.6 Å². The van der Waals surface area contributed by atoms with Gasteiger partial charge in [0.2, 0.25) is 0 Å². The van der Waals surface area contributed by atoms with Gasteiger partial charge in [0.1, 0.15) is 0 Å². The summed E-state index contributed by atoms with van der Waals surface area (Å²) in [5, 5.41) is 6.63. The second-order valence-corrected chi connectivity index (χ2v) is 6.57. The fourth-order valence-corrected chi connectivity index (χ4v) is 3.37. The fourth-order valence-electron chi connectivity index (χ4n) is 2.28. The Kier molecular flexibility index (Phi) is 4.63. The number of carbonyl (C=O) groups is 1. The van der Waals surface area contributed by atoms with Crippen LogP contribution in [0, 0.1) is 0 Å². The molecule has 1 fully saturated rings. The summed E-state index contributed by atoms with van der Waals surface area (Å²) < 4.78 is 0.244. The Morgan fingerprint density at radius 2 is 2.21 bits per heavy atom. The van der Waals surface area contributed by atoms with Crippen LogP contribution in [0.5, 0.6) is 0 Å². The Balaban J connectivity index is 2.05. The third-order valence-corrected chi connectivity index (χ3v) is 5.42. The first-order valence-corrected chi connectivity index (χ1v) is 8.01. The molecule has 2 rings (SSSR count). The van der Waals surface area contributed by atoms with Crippen LogP contribution in [0.4, 0.5) is 5.69 Å². The van der Waals surface area contributed by atoms with Gasteiger partial charge >= 0.3 is 0 Å². The molecule has 1 amide bonds. The minimum Gasteiger partial charge on any atom is -0.387 e. The first-order valence-electron chi connectivity index (χ1n) is 6.41. The molecular formula is C14H19ClN2OS. The minimum absolute atomic E-state index is 0.0628. The predicted molar refractivity (Wildman–Crippen MR) is 83.4 cm³/mol. The Labute approximate surface area is 123 Å². The number of anilines is 1. The summed E-state index contributed by atoms with van der Waals surface area (Å²) >= 11 is 7.81. The Morgan fingerprint density at radius 3 is 2.74 bits per heavy atom. The van der Waals surface area contributed by atoms with Crippen LogP contribution in [-0.4, -0.2) is 30.5 Å². The Hall–Kier alpha value is -0.870. The smallest absolute Gasteiger partial charge is 0.253 e. The highest BCUT2D eigenvalue weighted by atomic mass is 35.5. The maximum Gasteiger partial charge on any atom is 0.253 e. The molecule has 0 spiro atoms. The molecule has 0 saturated heterocycles. The van der Waals surface area contributed by atoms with Crippen LogP contribution in [-0.2, 0) is 0 Å². The number of rotatable bonds is 5. The molecule has 19 heavy (non-hydrogen) atoms. The third kappa shape index (κ3) is 3.18. The number of amides is 1. The maximum absolute atomic E-state index is 12.3. The van der Waals surface area contributed by atoms with Crippen LogP contribution in [0.25, 0.3) is 0 Å². The molecule has 0 aromatic heterocycles. The second-order valence-electron chi connectivity index (χ2n) is 4.86. The molecule has 1 aliphatic rings. The van der Waals surface area contributed by atoms with Crippen molar-refractivity contribution in [3.8, 4) is 0 Å². The normalized spacial score (nSPS) is 16.6. The largest absolute Gasteiger partial charge is 0.387 e. The molecule has 0 aliphatic heterocycles. The van der Waals surface area contributed by atoms with Crippen LogP contribution in [0.1, 0.15) is 29.6 Å². The van der Waals surface area contributed by atoms with Crippen molar-refractivity contribution in [1.29, 1.82) is 0 Å².